The summed E-state index contributed by atoms with van der Waals surface area (Å²) in [5, 5.41) is 4.06. The molecule has 1 heterocycles. The van der Waals surface area contributed by atoms with Gasteiger partial charge in [-0.15, -0.1) is 0 Å². The number of nitrogen functional groups attached to an aromatic ring is 1. The van der Waals surface area contributed by atoms with E-state index in [1.165, 1.54) is 4.68 Å². The summed E-state index contributed by atoms with van der Waals surface area (Å²) in [4.78, 5) is 0. The second kappa shape index (κ2) is 2.94. The van der Waals surface area contributed by atoms with Crippen molar-refractivity contribution in [2.45, 2.75) is 0 Å². The van der Waals surface area contributed by atoms with Crippen molar-refractivity contribution in [2.24, 2.45) is 0 Å². The van der Waals surface area contributed by atoms with Gasteiger partial charge in [0.25, 0.3) is 0 Å². The highest BCUT2D eigenvalue weighted by atomic mass is 15.2. The molecule has 2 rings (SSSR count). The van der Waals surface area contributed by atoms with Crippen LogP contribution in [-0.2, 0) is 0 Å². The van der Waals surface area contributed by atoms with Crippen LogP contribution in [0.15, 0.2) is 36.5 Å². The molecule has 64 valence electrons. The Kier molecular flexibility index (Phi) is 1.77. The van der Waals surface area contributed by atoms with Crippen molar-refractivity contribution >= 4 is 5.69 Å². The zero-order valence-corrected chi connectivity index (χ0v) is 7.01. The molecule has 2 N–H and O–H groups in total. The number of benzene rings is 1. The lowest BCUT2D eigenvalue weighted by Gasteiger charge is -2.00. The van der Waals surface area contributed by atoms with Crippen molar-refractivity contribution in [3.8, 4) is 11.3 Å². The molecule has 0 saturated heterocycles. The molecule has 0 aliphatic carbocycles. The number of hydrogen-bond acceptors (Lipinski definition) is 2. The van der Waals surface area contributed by atoms with Crippen LogP contribution in [0.4, 0.5) is 5.69 Å². The lowest BCUT2D eigenvalue weighted by molar-refractivity contribution is 0.881. The maximum atomic E-state index is 5.77. The highest BCUT2D eigenvalue weighted by Gasteiger charge is 2.03. The van der Waals surface area contributed by atoms with E-state index in [4.69, 9.17) is 12.8 Å². The quantitative estimate of drug-likeness (QED) is 0.663. The molecule has 0 saturated carbocycles. The number of aromatic nitrogens is 2. The molecule has 2 aromatic rings. The molecule has 0 aliphatic heterocycles. The first kappa shape index (κ1) is 7.86. The Morgan fingerprint density at radius 1 is 1.23 bits per heavy atom. The Morgan fingerprint density at radius 2 is 2.00 bits per heavy atom. The Bertz CT molecular complexity index is 418. The molecule has 0 aliphatic rings. The number of nitrogens with two attached hydrogens (primary N) is 1. The lowest BCUT2D eigenvalue weighted by Crippen LogP contribution is -1.90. The largest absolute Gasteiger partial charge is 0.398 e. The summed E-state index contributed by atoms with van der Waals surface area (Å²) in [5.41, 5.74) is 8.18. The van der Waals surface area contributed by atoms with Crippen LogP contribution >= 0.6 is 0 Å². The van der Waals surface area contributed by atoms with Crippen molar-refractivity contribution in [3.63, 3.8) is 0 Å². The third kappa shape index (κ3) is 1.40. The molecule has 0 unspecified atom stereocenters. The minimum atomic E-state index is 0.709. The molecule has 0 atom stereocenters. The summed E-state index contributed by atoms with van der Waals surface area (Å²) >= 11 is 0. The SMILES string of the molecule is [CH]n1ccc(-c2ccccc2N)n1. The molecule has 13 heavy (non-hydrogen) atoms. The zero-order valence-electron chi connectivity index (χ0n) is 7.01. The van der Waals surface area contributed by atoms with E-state index in [1.54, 1.807) is 6.20 Å². The average molecular weight is 171 g/mol. The van der Waals surface area contributed by atoms with Gasteiger partial charge in [-0.1, -0.05) is 18.2 Å². The van der Waals surface area contributed by atoms with Crippen LogP contribution < -0.4 is 5.73 Å². The molecule has 0 fully saturated rings. The van der Waals surface area contributed by atoms with Gasteiger partial charge in [0, 0.05) is 17.4 Å². The molecule has 1 aromatic heterocycles. The number of rotatable bonds is 1. The third-order valence-corrected chi connectivity index (χ3v) is 1.85. The van der Waals surface area contributed by atoms with E-state index in [9.17, 15) is 0 Å². The first-order valence-electron chi connectivity index (χ1n) is 3.93. The fourth-order valence-electron chi connectivity index (χ4n) is 1.21. The van der Waals surface area contributed by atoms with E-state index in [0.29, 0.717) is 5.69 Å². The van der Waals surface area contributed by atoms with Crippen LogP contribution in [0.2, 0.25) is 0 Å². The zero-order chi connectivity index (χ0) is 9.26. The van der Waals surface area contributed by atoms with E-state index in [1.807, 2.05) is 30.3 Å². The summed E-state index contributed by atoms with van der Waals surface area (Å²) in [6, 6.07) is 9.38. The molecule has 0 spiro atoms. The van der Waals surface area contributed by atoms with Crippen LogP contribution in [0.25, 0.3) is 11.3 Å². The van der Waals surface area contributed by atoms with Gasteiger partial charge < -0.3 is 5.73 Å². The smallest absolute Gasteiger partial charge is 0.101 e. The third-order valence-electron chi connectivity index (χ3n) is 1.85. The summed E-state index contributed by atoms with van der Waals surface area (Å²) in [5.74, 6) is 0. The summed E-state index contributed by atoms with van der Waals surface area (Å²) in [6.07, 6.45) is 1.68. The number of para-hydroxylation sites is 1. The fourth-order valence-corrected chi connectivity index (χ4v) is 1.21. The second-order valence-corrected chi connectivity index (χ2v) is 2.77. The molecule has 2 radical (unpaired) electrons. The van der Waals surface area contributed by atoms with Gasteiger partial charge in [-0.25, -0.2) is 0 Å². The van der Waals surface area contributed by atoms with Crippen LogP contribution in [0, 0.1) is 7.05 Å². The minimum absolute atomic E-state index is 0.709. The molecule has 3 nitrogen and oxygen atoms in total. The van der Waals surface area contributed by atoms with E-state index in [-0.39, 0.29) is 0 Å². The van der Waals surface area contributed by atoms with Gasteiger partial charge in [-0.05, 0) is 12.1 Å². The van der Waals surface area contributed by atoms with Gasteiger partial charge in [-0.2, -0.15) is 5.10 Å². The average Bonchev–Trinajstić information content (AvgIpc) is 2.53. The first-order chi connectivity index (χ1) is 6.27. The van der Waals surface area contributed by atoms with Gasteiger partial charge in [0.1, 0.15) is 7.05 Å². The highest BCUT2D eigenvalue weighted by Crippen LogP contribution is 2.22. The first-order valence-corrected chi connectivity index (χ1v) is 3.93. The lowest BCUT2D eigenvalue weighted by atomic mass is 10.1. The monoisotopic (exact) mass is 171 g/mol. The van der Waals surface area contributed by atoms with Crippen LogP contribution in [-0.4, -0.2) is 9.78 Å². The van der Waals surface area contributed by atoms with E-state index < -0.39 is 0 Å². The Balaban J connectivity index is 2.52. The van der Waals surface area contributed by atoms with E-state index in [2.05, 4.69) is 5.10 Å². The predicted molar refractivity (Wildman–Crippen MR) is 51.8 cm³/mol. The topological polar surface area (TPSA) is 43.8 Å². The van der Waals surface area contributed by atoms with Crippen molar-refractivity contribution in [3.05, 3.63) is 43.6 Å². The normalized spacial score (nSPS) is 10.2. The minimum Gasteiger partial charge on any atom is -0.398 e. The maximum Gasteiger partial charge on any atom is 0.101 e. The molecular formula is C10H9N3. The van der Waals surface area contributed by atoms with Crippen molar-refractivity contribution < 1.29 is 0 Å². The van der Waals surface area contributed by atoms with E-state index >= 15 is 0 Å². The Labute approximate surface area is 76.8 Å². The molecule has 0 amide bonds. The number of hydrogen-bond donors (Lipinski definition) is 1. The summed E-state index contributed by atoms with van der Waals surface area (Å²) in [7, 11) is 5.43. The maximum absolute atomic E-state index is 5.77. The summed E-state index contributed by atoms with van der Waals surface area (Å²) in [6.45, 7) is 0. The molecule has 0 bridgehead atoms. The van der Waals surface area contributed by atoms with E-state index in [0.717, 1.165) is 11.3 Å². The summed E-state index contributed by atoms with van der Waals surface area (Å²) < 4.78 is 1.27. The highest BCUT2D eigenvalue weighted by molar-refractivity contribution is 5.73. The van der Waals surface area contributed by atoms with Crippen LogP contribution in [0.1, 0.15) is 0 Å². The van der Waals surface area contributed by atoms with Crippen LogP contribution in [0.3, 0.4) is 0 Å². The molecule has 1 aromatic carbocycles. The Hall–Kier alpha value is -1.77. The van der Waals surface area contributed by atoms with Crippen LogP contribution in [0.5, 0.6) is 0 Å². The number of anilines is 1. The van der Waals surface area contributed by atoms with Crippen molar-refractivity contribution in [1.29, 1.82) is 0 Å². The predicted octanol–water partition coefficient (Wildman–Crippen LogP) is 1.65. The van der Waals surface area contributed by atoms with Gasteiger partial charge in [0.15, 0.2) is 0 Å². The molecule has 3 heteroatoms. The van der Waals surface area contributed by atoms with Gasteiger partial charge in [0.05, 0.1) is 5.69 Å². The van der Waals surface area contributed by atoms with Gasteiger partial charge in [-0.3, -0.25) is 4.68 Å². The molecular weight excluding hydrogens is 162 g/mol. The standard InChI is InChI=1S/C10H9N3/c1-13-7-6-10(12-13)8-4-2-3-5-9(8)11/h1-7H,11H2. The second-order valence-electron chi connectivity index (χ2n) is 2.77. The van der Waals surface area contributed by atoms with Gasteiger partial charge >= 0.3 is 0 Å². The Morgan fingerprint density at radius 3 is 2.62 bits per heavy atom. The van der Waals surface area contributed by atoms with Crippen molar-refractivity contribution in [2.75, 3.05) is 5.73 Å². The van der Waals surface area contributed by atoms with Crippen molar-refractivity contribution in [1.82, 2.24) is 9.78 Å². The van der Waals surface area contributed by atoms with Gasteiger partial charge in [0.2, 0.25) is 0 Å². The number of nitrogens with zero attached hydrogens (tertiary/aromatic N) is 2. The fraction of sp³-hybridized carbons (Fsp3) is 0.